The van der Waals surface area contributed by atoms with Gasteiger partial charge in [0.2, 0.25) is 0 Å². The molecule has 0 saturated carbocycles. The minimum atomic E-state index is 0.613. The number of benzene rings is 1. The van der Waals surface area contributed by atoms with Crippen LogP contribution in [0.4, 0.5) is 11.4 Å². The van der Waals surface area contributed by atoms with Crippen LogP contribution in [0.1, 0.15) is 25.3 Å². The third-order valence-electron chi connectivity index (χ3n) is 4.94. The first-order valence-corrected chi connectivity index (χ1v) is 7.85. The van der Waals surface area contributed by atoms with Gasteiger partial charge in [-0.3, -0.25) is 4.90 Å². The van der Waals surface area contributed by atoms with Gasteiger partial charge in [-0.05, 0) is 50.9 Å². The van der Waals surface area contributed by atoms with E-state index in [2.05, 4.69) is 60.8 Å². The molecule has 1 aromatic rings. The number of nitrogens with zero attached hydrogens (tertiary/aromatic N) is 3. The molecule has 20 heavy (non-hydrogen) atoms. The summed E-state index contributed by atoms with van der Waals surface area (Å²) in [5.41, 5.74) is 4.08. The first-order valence-electron chi connectivity index (χ1n) is 7.85. The molecular formula is C17H27N3. The fourth-order valence-corrected chi connectivity index (χ4v) is 3.81. The van der Waals surface area contributed by atoms with Crippen LogP contribution in [0.15, 0.2) is 18.2 Å². The molecule has 2 fully saturated rings. The van der Waals surface area contributed by atoms with Gasteiger partial charge >= 0.3 is 0 Å². The molecule has 0 aliphatic carbocycles. The van der Waals surface area contributed by atoms with Crippen LogP contribution in [0.5, 0.6) is 0 Å². The third-order valence-corrected chi connectivity index (χ3v) is 4.94. The zero-order valence-electron chi connectivity index (χ0n) is 13.3. The van der Waals surface area contributed by atoms with E-state index >= 15 is 0 Å². The largest absolute Gasteiger partial charge is 0.377 e. The second-order valence-electron chi connectivity index (χ2n) is 6.66. The van der Waals surface area contributed by atoms with Crippen molar-refractivity contribution in [2.45, 2.75) is 38.8 Å². The van der Waals surface area contributed by atoms with Gasteiger partial charge in [0.15, 0.2) is 0 Å². The molecule has 3 heteroatoms. The van der Waals surface area contributed by atoms with E-state index in [9.17, 15) is 0 Å². The summed E-state index contributed by atoms with van der Waals surface area (Å²) in [5, 5.41) is 0. The molecule has 2 aliphatic heterocycles. The van der Waals surface area contributed by atoms with E-state index in [1.165, 1.54) is 49.4 Å². The number of fused-ring (bicyclic) bond motifs is 1. The normalized spacial score (nSPS) is 26.7. The molecule has 0 bridgehead atoms. The Morgan fingerprint density at radius 3 is 2.75 bits per heavy atom. The first kappa shape index (κ1) is 13.7. The standard InChI is InChI=1S/C17H27N3/c1-13-7-8-15(10-17(13)18(3)4)20-12-16-6-5-9-19(16)11-14(20)2/h7-8,10,14,16H,5-6,9,11-12H2,1-4H3. The molecule has 3 nitrogen and oxygen atoms in total. The summed E-state index contributed by atoms with van der Waals surface area (Å²) in [5.74, 6) is 0. The van der Waals surface area contributed by atoms with Gasteiger partial charge in [0.1, 0.15) is 0 Å². The van der Waals surface area contributed by atoms with Crippen LogP contribution >= 0.6 is 0 Å². The second-order valence-corrected chi connectivity index (χ2v) is 6.66. The predicted molar refractivity (Wildman–Crippen MR) is 86.9 cm³/mol. The van der Waals surface area contributed by atoms with E-state index in [0.29, 0.717) is 6.04 Å². The highest BCUT2D eigenvalue weighted by molar-refractivity contribution is 5.63. The van der Waals surface area contributed by atoms with Crippen LogP contribution in [0.3, 0.4) is 0 Å². The number of hydrogen-bond acceptors (Lipinski definition) is 3. The van der Waals surface area contributed by atoms with Gasteiger partial charge in [0.05, 0.1) is 0 Å². The highest BCUT2D eigenvalue weighted by Gasteiger charge is 2.34. The van der Waals surface area contributed by atoms with Crippen molar-refractivity contribution in [1.82, 2.24) is 4.90 Å². The van der Waals surface area contributed by atoms with E-state index in [-0.39, 0.29) is 0 Å². The van der Waals surface area contributed by atoms with Gasteiger partial charge < -0.3 is 9.80 Å². The molecule has 3 rings (SSSR count). The molecule has 2 saturated heterocycles. The maximum Gasteiger partial charge on any atom is 0.0411 e. The van der Waals surface area contributed by atoms with E-state index in [4.69, 9.17) is 0 Å². The van der Waals surface area contributed by atoms with Gasteiger partial charge in [-0.15, -0.1) is 0 Å². The van der Waals surface area contributed by atoms with E-state index in [1.54, 1.807) is 0 Å². The average molecular weight is 273 g/mol. The minimum absolute atomic E-state index is 0.613. The van der Waals surface area contributed by atoms with E-state index in [0.717, 1.165) is 6.04 Å². The molecule has 2 heterocycles. The van der Waals surface area contributed by atoms with Gasteiger partial charge in [0.25, 0.3) is 0 Å². The van der Waals surface area contributed by atoms with Crippen molar-refractivity contribution in [3.05, 3.63) is 23.8 Å². The van der Waals surface area contributed by atoms with Gasteiger partial charge in [-0.25, -0.2) is 0 Å². The first-order chi connectivity index (χ1) is 9.56. The van der Waals surface area contributed by atoms with Gasteiger partial charge in [-0.1, -0.05) is 6.07 Å². The Hall–Kier alpha value is -1.22. The SMILES string of the molecule is Cc1ccc(N2CC3CCCN3CC2C)cc1N(C)C. The van der Waals surface area contributed by atoms with Crippen molar-refractivity contribution in [2.24, 2.45) is 0 Å². The van der Waals surface area contributed by atoms with Crippen LogP contribution in [0.2, 0.25) is 0 Å². The number of aryl methyl sites for hydroxylation is 1. The Bertz CT molecular complexity index is 483. The molecule has 2 unspecified atom stereocenters. The number of piperazine rings is 1. The Labute approximate surface area is 123 Å². The summed E-state index contributed by atoms with van der Waals surface area (Å²) in [6, 6.07) is 8.30. The lowest BCUT2D eigenvalue weighted by atomic mass is 10.1. The molecule has 0 spiro atoms. The fourth-order valence-electron chi connectivity index (χ4n) is 3.81. The molecule has 0 radical (unpaired) electrons. The summed E-state index contributed by atoms with van der Waals surface area (Å²) in [4.78, 5) is 7.51. The topological polar surface area (TPSA) is 9.72 Å². The Kier molecular flexibility index (Phi) is 3.63. The number of rotatable bonds is 2. The lowest BCUT2D eigenvalue weighted by Gasteiger charge is -2.44. The lowest BCUT2D eigenvalue weighted by molar-refractivity contribution is 0.203. The molecule has 2 atom stereocenters. The molecule has 2 aliphatic rings. The van der Waals surface area contributed by atoms with Crippen molar-refractivity contribution in [2.75, 3.05) is 43.5 Å². The highest BCUT2D eigenvalue weighted by atomic mass is 15.3. The fraction of sp³-hybridized carbons (Fsp3) is 0.647. The Morgan fingerprint density at radius 1 is 1.20 bits per heavy atom. The maximum atomic E-state index is 2.68. The molecule has 110 valence electrons. The molecule has 0 amide bonds. The smallest absolute Gasteiger partial charge is 0.0411 e. The van der Waals surface area contributed by atoms with Crippen molar-refractivity contribution in [1.29, 1.82) is 0 Å². The number of hydrogen-bond donors (Lipinski definition) is 0. The molecule has 0 aromatic heterocycles. The van der Waals surface area contributed by atoms with Gasteiger partial charge in [-0.2, -0.15) is 0 Å². The van der Waals surface area contributed by atoms with Crippen molar-refractivity contribution >= 4 is 11.4 Å². The summed E-state index contributed by atoms with van der Waals surface area (Å²) >= 11 is 0. The van der Waals surface area contributed by atoms with Crippen LogP contribution in [-0.2, 0) is 0 Å². The summed E-state index contributed by atoms with van der Waals surface area (Å²) in [7, 11) is 4.26. The monoisotopic (exact) mass is 273 g/mol. The van der Waals surface area contributed by atoms with Gasteiger partial charge in [0, 0.05) is 50.6 Å². The van der Waals surface area contributed by atoms with Crippen LogP contribution < -0.4 is 9.80 Å². The minimum Gasteiger partial charge on any atom is -0.377 e. The maximum absolute atomic E-state index is 2.68. The zero-order valence-corrected chi connectivity index (χ0v) is 13.3. The predicted octanol–water partition coefficient (Wildman–Crippen LogP) is 2.73. The molecular weight excluding hydrogens is 246 g/mol. The summed E-state index contributed by atoms with van der Waals surface area (Å²) in [6.45, 7) is 8.27. The lowest BCUT2D eigenvalue weighted by Crippen LogP contribution is -2.55. The Balaban J connectivity index is 1.86. The molecule has 0 N–H and O–H groups in total. The Morgan fingerprint density at radius 2 is 2.00 bits per heavy atom. The van der Waals surface area contributed by atoms with Crippen LogP contribution in [-0.4, -0.2) is 50.7 Å². The van der Waals surface area contributed by atoms with Crippen LogP contribution in [0.25, 0.3) is 0 Å². The highest BCUT2D eigenvalue weighted by Crippen LogP contribution is 2.31. The van der Waals surface area contributed by atoms with Crippen molar-refractivity contribution in [3.63, 3.8) is 0 Å². The summed E-state index contributed by atoms with van der Waals surface area (Å²) in [6.07, 6.45) is 2.75. The van der Waals surface area contributed by atoms with Crippen molar-refractivity contribution < 1.29 is 0 Å². The van der Waals surface area contributed by atoms with Crippen LogP contribution in [0, 0.1) is 6.92 Å². The molecule has 1 aromatic carbocycles. The third kappa shape index (κ3) is 2.39. The quantitative estimate of drug-likeness (QED) is 0.820. The van der Waals surface area contributed by atoms with E-state index in [1.807, 2.05) is 0 Å². The average Bonchev–Trinajstić information content (AvgIpc) is 2.85. The zero-order chi connectivity index (χ0) is 14.3. The number of anilines is 2. The summed E-state index contributed by atoms with van der Waals surface area (Å²) < 4.78 is 0. The van der Waals surface area contributed by atoms with Crippen molar-refractivity contribution in [3.8, 4) is 0 Å². The second kappa shape index (κ2) is 5.28. The van der Waals surface area contributed by atoms with E-state index < -0.39 is 0 Å².